The molecule has 0 radical (unpaired) electrons. The Labute approximate surface area is 209 Å². The van der Waals surface area contributed by atoms with Gasteiger partial charge in [-0.1, -0.05) is 48.5 Å². The zero-order chi connectivity index (χ0) is 25.2. The van der Waals surface area contributed by atoms with Gasteiger partial charge < -0.3 is 14.9 Å². The zero-order valence-corrected chi connectivity index (χ0v) is 23.8. The molecule has 1 saturated heterocycles. The molecule has 5 aliphatic rings. The third-order valence-corrected chi connectivity index (χ3v) is 14.0. The second-order valence-corrected chi connectivity index (χ2v) is 15.6. The van der Waals surface area contributed by atoms with E-state index in [4.69, 9.17) is 4.74 Å². The summed E-state index contributed by atoms with van der Waals surface area (Å²) in [6, 6.07) is 0. The average Bonchev–Trinajstić information content (AvgIpc) is 3.37. The summed E-state index contributed by atoms with van der Waals surface area (Å²) in [5.41, 5.74) is 0.417. The van der Waals surface area contributed by atoms with E-state index in [9.17, 15) is 10.2 Å². The van der Waals surface area contributed by atoms with Crippen LogP contribution in [0.15, 0.2) is 0 Å². The van der Waals surface area contributed by atoms with Crippen molar-refractivity contribution in [2.45, 2.75) is 149 Å². The summed E-state index contributed by atoms with van der Waals surface area (Å²) >= 11 is 0. The largest absolute Gasteiger partial charge is 0.390 e. The molecule has 34 heavy (non-hydrogen) atoms. The van der Waals surface area contributed by atoms with Gasteiger partial charge in [0.25, 0.3) is 0 Å². The topological polar surface area (TPSA) is 53.0 Å². The van der Waals surface area contributed by atoms with Gasteiger partial charge in [0.2, 0.25) is 0 Å². The lowest BCUT2D eigenvalue weighted by Crippen LogP contribution is -2.65. The summed E-state index contributed by atoms with van der Waals surface area (Å²) in [6.45, 7) is 21.3. The summed E-state index contributed by atoms with van der Waals surface area (Å²) in [7, 11) is 0. The molecule has 5 fully saturated rings. The molecule has 0 aromatic heterocycles. The van der Waals surface area contributed by atoms with E-state index in [1.165, 1.54) is 51.4 Å². The SMILES string of the molecule is CC(CCC(O)C(C)(C)O)C1CC[C@@]2(C)C34CC[C@H]5C(C)(C)[C@@H](C)CC[C@]5(C)C3(CC[C@]12C)O4. The van der Waals surface area contributed by atoms with Gasteiger partial charge >= 0.3 is 0 Å². The molecule has 1 aliphatic heterocycles. The monoisotopic (exact) mass is 474 g/mol. The van der Waals surface area contributed by atoms with Crippen LogP contribution in [-0.4, -0.2) is 33.1 Å². The zero-order valence-electron chi connectivity index (χ0n) is 23.8. The van der Waals surface area contributed by atoms with E-state index < -0.39 is 11.7 Å². The molecule has 5 rings (SSSR count). The van der Waals surface area contributed by atoms with Crippen molar-refractivity contribution in [2.75, 3.05) is 0 Å². The number of hydrogen-bond acceptors (Lipinski definition) is 3. The highest BCUT2D eigenvalue weighted by Gasteiger charge is 2.89. The minimum Gasteiger partial charge on any atom is -0.390 e. The van der Waals surface area contributed by atoms with Crippen molar-refractivity contribution in [1.29, 1.82) is 0 Å². The van der Waals surface area contributed by atoms with Crippen LogP contribution in [0.2, 0.25) is 0 Å². The number of ether oxygens (including phenoxy) is 1. The first kappa shape index (κ1) is 25.5. The Morgan fingerprint density at radius 1 is 0.853 bits per heavy atom. The smallest absolute Gasteiger partial charge is 0.104 e. The maximum atomic E-state index is 10.5. The van der Waals surface area contributed by atoms with Crippen LogP contribution < -0.4 is 0 Å². The van der Waals surface area contributed by atoms with Crippen LogP contribution in [-0.2, 0) is 4.74 Å². The van der Waals surface area contributed by atoms with E-state index in [1.807, 2.05) is 0 Å². The number of aliphatic hydroxyl groups excluding tert-OH is 1. The molecule has 4 aliphatic carbocycles. The van der Waals surface area contributed by atoms with Gasteiger partial charge in [-0.05, 0) is 113 Å². The van der Waals surface area contributed by atoms with Gasteiger partial charge in [0, 0.05) is 10.8 Å². The van der Waals surface area contributed by atoms with Crippen molar-refractivity contribution in [2.24, 2.45) is 45.3 Å². The number of epoxide rings is 1. The summed E-state index contributed by atoms with van der Waals surface area (Å²) in [4.78, 5) is 0. The van der Waals surface area contributed by atoms with Crippen molar-refractivity contribution in [3.05, 3.63) is 0 Å². The fourth-order valence-corrected chi connectivity index (χ4v) is 11.1. The van der Waals surface area contributed by atoms with Gasteiger partial charge in [0.15, 0.2) is 0 Å². The number of hydrogen-bond donors (Lipinski definition) is 2. The summed E-state index contributed by atoms with van der Waals surface area (Å²) < 4.78 is 7.30. The molecular formula is C31H54O3. The lowest BCUT2D eigenvalue weighted by molar-refractivity contribution is -0.137. The first-order valence-electron chi connectivity index (χ1n) is 14.6. The van der Waals surface area contributed by atoms with E-state index >= 15 is 0 Å². The van der Waals surface area contributed by atoms with Crippen LogP contribution in [0.25, 0.3) is 0 Å². The molecule has 0 aromatic rings. The first-order chi connectivity index (χ1) is 15.5. The maximum absolute atomic E-state index is 10.5. The third-order valence-electron chi connectivity index (χ3n) is 14.0. The number of fused-ring (bicyclic) bond motifs is 2. The molecule has 0 spiro atoms. The molecule has 0 aromatic carbocycles. The van der Waals surface area contributed by atoms with E-state index in [1.54, 1.807) is 13.8 Å². The van der Waals surface area contributed by atoms with Crippen LogP contribution in [0.4, 0.5) is 0 Å². The van der Waals surface area contributed by atoms with Gasteiger partial charge in [0.1, 0.15) is 11.2 Å². The van der Waals surface area contributed by atoms with Crippen LogP contribution in [0.3, 0.4) is 0 Å². The Morgan fingerprint density at radius 3 is 2.18 bits per heavy atom. The molecule has 4 saturated carbocycles. The van der Waals surface area contributed by atoms with Crippen LogP contribution in [0, 0.1) is 45.3 Å². The average molecular weight is 475 g/mol. The predicted octanol–water partition coefficient (Wildman–Crippen LogP) is 7.13. The van der Waals surface area contributed by atoms with Crippen molar-refractivity contribution >= 4 is 0 Å². The van der Waals surface area contributed by atoms with Gasteiger partial charge in [-0.2, -0.15) is 0 Å². The normalized spacial score (nSPS) is 53.2. The molecule has 1 heterocycles. The standard InChI is InChI=1S/C31H54O3/c1-20(10-11-24(32)26(5,6)33)22-13-16-29(9)27(22,7)18-19-30-28(8)15-12-21(2)25(3,4)23(28)14-17-31(29,30)34-30/h20-24,32-33H,10-19H2,1-9H3/t20?,21-,22?,23-,24?,27+,28-,29+,30?,31?/m0/s1. The summed E-state index contributed by atoms with van der Waals surface area (Å²) in [5, 5.41) is 20.7. The molecule has 3 nitrogen and oxygen atoms in total. The van der Waals surface area contributed by atoms with Crippen LogP contribution in [0.1, 0.15) is 127 Å². The second kappa shape index (κ2) is 7.25. The molecule has 2 N–H and O–H groups in total. The Balaban J connectivity index is 1.41. The molecule has 5 unspecified atom stereocenters. The highest BCUT2D eigenvalue weighted by Crippen LogP contribution is 2.86. The predicted molar refractivity (Wildman–Crippen MR) is 138 cm³/mol. The van der Waals surface area contributed by atoms with E-state index in [2.05, 4.69) is 48.5 Å². The molecule has 10 atom stereocenters. The Kier molecular flexibility index (Phi) is 5.44. The van der Waals surface area contributed by atoms with Crippen molar-refractivity contribution in [3.8, 4) is 0 Å². The molecule has 0 amide bonds. The van der Waals surface area contributed by atoms with E-state index in [-0.39, 0.29) is 16.6 Å². The Hall–Kier alpha value is -0.120. The summed E-state index contributed by atoms with van der Waals surface area (Å²) in [5.74, 6) is 2.81. The third kappa shape index (κ3) is 2.82. The minimum atomic E-state index is -1.02. The van der Waals surface area contributed by atoms with E-state index in [0.29, 0.717) is 34.5 Å². The van der Waals surface area contributed by atoms with Crippen molar-refractivity contribution in [3.63, 3.8) is 0 Å². The maximum Gasteiger partial charge on any atom is 0.104 e. The highest BCUT2D eigenvalue weighted by atomic mass is 16.6. The lowest BCUT2D eigenvalue weighted by Gasteiger charge is -2.64. The Morgan fingerprint density at radius 2 is 1.53 bits per heavy atom. The molecule has 0 bridgehead atoms. The van der Waals surface area contributed by atoms with Gasteiger partial charge in [-0.3, -0.25) is 0 Å². The second-order valence-electron chi connectivity index (χ2n) is 15.6. The van der Waals surface area contributed by atoms with E-state index in [0.717, 1.165) is 18.3 Å². The lowest BCUT2D eigenvalue weighted by atomic mass is 9.37. The van der Waals surface area contributed by atoms with Gasteiger partial charge in [-0.25, -0.2) is 0 Å². The minimum absolute atomic E-state index is 0.0793. The molecule has 196 valence electrons. The van der Waals surface area contributed by atoms with Gasteiger partial charge in [0.05, 0.1) is 11.7 Å². The quantitative estimate of drug-likeness (QED) is 0.417. The van der Waals surface area contributed by atoms with Crippen LogP contribution in [0.5, 0.6) is 0 Å². The fourth-order valence-electron chi connectivity index (χ4n) is 11.1. The van der Waals surface area contributed by atoms with Crippen molar-refractivity contribution in [1.82, 2.24) is 0 Å². The highest BCUT2D eigenvalue weighted by molar-refractivity contribution is 5.37. The fraction of sp³-hybridized carbons (Fsp3) is 1.00. The number of rotatable bonds is 5. The Bertz CT molecular complexity index is 829. The van der Waals surface area contributed by atoms with Gasteiger partial charge in [-0.15, -0.1) is 0 Å². The summed E-state index contributed by atoms with van der Waals surface area (Å²) in [6.07, 6.45) is 11.4. The van der Waals surface area contributed by atoms with Crippen LogP contribution >= 0.6 is 0 Å². The molecular weight excluding hydrogens is 420 g/mol. The first-order valence-corrected chi connectivity index (χ1v) is 14.6. The van der Waals surface area contributed by atoms with Crippen molar-refractivity contribution < 1.29 is 14.9 Å². The number of aliphatic hydroxyl groups is 2. The molecule has 3 heteroatoms.